The number of nitrogens with one attached hydrogen (secondary N) is 1. The van der Waals surface area contributed by atoms with E-state index in [4.69, 9.17) is 5.11 Å². The second kappa shape index (κ2) is 6.58. The van der Waals surface area contributed by atoms with E-state index in [1.807, 2.05) is 25.9 Å². The van der Waals surface area contributed by atoms with Gasteiger partial charge >= 0.3 is 12.0 Å². The second-order valence-electron chi connectivity index (χ2n) is 5.12. The Balaban J connectivity index is 2.39. The van der Waals surface area contributed by atoms with Gasteiger partial charge in [0.05, 0.1) is 5.92 Å². The first-order valence-corrected chi connectivity index (χ1v) is 6.33. The third-order valence-corrected chi connectivity index (χ3v) is 3.49. The molecule has 1 fully saturated rings. The number of piperidine rings is 1. The number of hydrogen-bond acceptors (Lipinski definition) is 3. The monoisotopic (exact) mass is 257 g/mol. The van der Waals surface area contributed by atoms with Crippen molar-refractivity contribution in [3.8, 4) is 0 Å². The molecule has 6 nitrogen and oxygen atoms in total. The van der Waals surface area contributed by atoms with Crippen LogP contribution in [0.5, 0.6) is 0 Å². The number of carboxylic acid groups (broad SMARTS) is 1. The van der Waals surface area contributed by atoms with Crippen LogP contribution in [0.2, 0.25) is 0 Å². The fourth-order valence-electron chi connectivity index (χ4n) is 1.89. The zero-order chi connectivity index (χ0) is 13.7. The predicted molar refractivity (Wildman–Crippen MR) is 68.5 cm³/mol. The highest BCUT2D eigenvalue weighted by atomic mass is 16.4. The maximum atomic E-state index is 11.9. The van der Waals surface area contributed by atoms with Crippen molar-refractivity contribution in [2.45, 2.75) is 25.8 Å². The van der Waals surface area contributed by atoms with E-state index in [2.05, 4.69) is 5.32 Å². The lowest BCUT2D eigenvalue weighted by molar-refractivity contribution is -0.143. The molecule has 2 atom stereocenters. The number of urea groups is 1. The smallest absolute Gasteiger partial charge is 0.317 e. The van der Waals surface area contributed by atoms with E-state index in [0.29, 0.717) is 26.1 Å². The Morgan fingerprint density at radius 3 is 2.72 bits per heavy atom. The zero-order valence-corrected chi connectivity index (χ0v) is 11.3. The zero-order valence-electron chi connectivity index (χ0n) is 11.3. The van der Waals surface area contributed by atoms with Gasteiger partial charge in [-0.15, -0.1) is 0 Å². The molecule has 1 rings (SSSR count). The standard InChI is InChI=1S/C12H23N3O3/c1-9(14(2)3)7-13-12(18)15-6-4-5-10(8-15)11(16)17/h9-10H,4-8H2,1-3H3,(H,13,18)(H,16,17)/t9?,10-/m1/s1. The number of nitrogens with zero attached hydrogens (tertiary/aromatic N) is 2. The minimum Gasteiger partial charge on any atom is -0.481 e. The van der Waals surface area contributed by atoms with Crippen molar-refractivity contribution >= 4 is 12.0 Å². The summed E-state index contributed by atoms with van der Waals surface area (Å²) in [6.07, 6.45) is 1.42. The van der Waals surface area contributed by atoms with Crippen molar-refractivity contribution in [2.75, 3.05) is 33.7 Å². The van der Waals surface area contributed by atoms with E-state index in [1.54, 1.807) is 4.90 Å². The summed E-state index contributed by atoms with van der Waals surface area (Å²) in [6, 6.07) is 0.101. The lowest BCUT2D eigenvalue weighted by Gasteiger charge is -2.31. The van der Waals surface area contributed by atoms with Gasteiger partial charge in [0.25, 0.3) is 0 Å². The molecular weight excluding hydrogens is 234 g/mol. The Morgan fingerprint density at radius 1 is 1.50 bits per heavy atom. The molecule has 2 amide bonds. The van der Waals surface area contributed by atoms with Crippen molar-refractivity contribution in [3.63, 3.8) is 0 Å². The normalized spacial score (nSPS) is 21.8. The highest BCUT2D eigenvalue weighted by Gasteiger charge is 2.28. The second-order valence-corrected chi connectivity index (χ2v) is 5.12. The minimum atomic E-state index is -0.811. The molecule has 0 spiro atoms. The molecule has 1 saturated heterocycles. The molecule has 18 heavy (non-hydrogen) atoms. The summed E-state index contributed by atoms with van der Waals surface area (Å²) < 4.78 is 0. The van der Waals surface area contributed by atoms with E-state index in [0.717, 1.165) is 6.42 Å². The number of likely N-dealkylation sites (tertiary alicyclic amines) is 1. The van der Waals surface area contributed by atoms with Crippen molar-refractivity contribution in [3.05, 3.63) is 0 Å². The van der Waals surface area contributed by atoms with Crippen LogP contribution in [-0.2, 0) is 4.79 Å². The van der Waals surface area contributed by atoms with Gasteiger partial charge in [0.15, 0.2) is 0 Å². The van der Waals surface area contributed by atoms with E-state index in [9.17, 15) is 9.59 Å². The first-order valence-electron chi connectivity index (χ1n) is 6.33. The molecule has 0 aromatic carbocycles. The lowest BCUT2D eigenvalue weighted by Crippen LogP contribution is -2.49. The Hall–Kier alpha value is -1.30. The molecular formula is C12H23N3O3. The number of likely N-dealkylation sites (N-methyl/N-ethyl adjacent to an activating group) is 1. The van der Waals surface area contributed by atoms with Gasteiger partial charge in [-0.1, -0.05) is 0 Å². The number of carboxylic acids is 1. The predicted octanol–water partition coefficient (Wildman–Crippen LogP) is 0.443. The third-order valence-electron chi connectivity index (χ3n) is 3.49. The summed E-state index contributed by atoms with van der Waals surface area (Å²) in [4.78, 5) is 26.4. The fourth-order valence-corrected chi connectivity index (χ4v) is 1.89. The van der Waals surface area contributed by atoms with Gasteiger partial charge in [-0.25, -0.2) is 4.79 Å². The number of hydrogen-bond donors (Lipinski definition) is 2. The van der Waals surface area contributed by atoms with Crippen LogP contribution in [0.1, 0.15) is 19.8 Å². The van der Waals surface area contributed by atoms with Gasteiger partial charge in [-0.05, 0) is 33.9 Å². The molecule has 0 saturated carbocycles. The molecule has 2 N–H and O–H groups in total. The lowest BCUT2D eigenvalue weighted by atomic mass is 9.99. The van der Waals surface area contributed by atoms with E-state index in [1.165, 1.54) is 0 Å². The average Bonchev–Trinajstić information content (AvgIpc) is 2.35. The Labute approximate surface area is 108 Å². The maximum Gasteiger partial charge on any atom is 0.317 e. The van der Waals surface area contributed by atoms with Crippen LogP contribution in [0.3, 0.4) is 0 Å². The average molecular weight is 257 g/mol. The molecule has 1 aliphatic rings. The highest BCUT2D eigenvalue weighted by Crippen LogP contribution is 2.16. The summed E-state index contributed by atoms with van der Waals surface area (Å²) in [5, 5.41) is 11.8. The first-order chi connectivity index (χ1) is 8.41. The third kappa shape index (κ3) is 4.18. The molecule has 1 heterocycles. The van der Waals surface area contributed by atoms with Gasteiger partial charge in [-0.3, -0.25) is 4.79 Å². The summed E-state index contributed by atoms with van der Waals surface area (Å²) >= 11 is 0. The molecule has 0 aliphatic carbocycles. The Kier molecular flexibility index (Phi) is 5.40. The largest absolute Gasteiger partial charge is 0.481 e. The number of carbonyl (C=O) groups is 2. The molecule has 0 bridgehead atoms. The molecule has 0 aromatic heterocycles. The summed E-state index contributed by atoms with van der Waals surface area (Å²) in [5.41, 5.74) is 0. The van der Waals surface area contributed by atoms with Crippen LogP contribution >= 0.6 is 0 Å². The maximum absolute atomic E-state index is 11.9. The van der Waals surface area contributed by atoms with Gasteiger partial charge in [0.1, 0.15) is 0 Å². The van der Waals surface area contributed by atoms with Crippen molar-refractivity contribution in [1.82, 2.24) is 15.1 Å². The van der Waals surface area contributed by atoms with Gasteiger partial charge < -0.3 is 20.2 Å². The summed E-state index contributed by atoms with van der Waals surface area (Å²) in [6.45, 7) is 3.56. The van der Waals surface area contributed by atoms with Crippen LogP contribution in [0.25, 0.3) is 0 Å². The van der Waals surface area contributed by atoms with Crippen LogP contribution in [0.15, 0.2) is 0 Å². The first kappa shape index (κ1) is 14.8. The topological polar surface area (TPSA) is 72.9 Å². The Bertz CT molecular complexity index is 307. The van der Waals surface area contributed by atoms with Gasteiger partial charge in [-0.2, -0.15) is 0 Å². The molecule has 1 aliphatic heterocycles. The number of carbonyl (C=O) groups excluding carboxylic acids is 1. The van der Waals surface area contributed by atoms with E-state index >= 15 is 0 Å². The minimum absolute atomic E-state index is 0.158. The fraction of sp³-hybridized carbons (Fsp3) is 0.833. The number of aliphatic carboxylic acids is 1. The van der Waals surface area contributed by atoms with Crippen LogP contribution < -0.4 is 5.32 Å². The molecule has 0 radical (unpaired) electrons. The molecule has 0 aromatic rings. The molecule has 1 unspecified atom stereocenters. The van der Waals surface area contributed by atoms with Crippen molar-refractivity contribution in [1.29, 1.82) is 0 Å². The number of amides is 2. The van der Waals surface area contributed by atoms with Gasteiger partial charge in [0.2, 0.25) is 0 Å². The van der Waals surface area contributed by atoms with Crippen molar-refractivity contribution in [2.24, 2.45) is 5.92 Å². The highest BCUT2D eigenvalue weighted by molar-refractivity contribution is 5.76. The van der Waals surface area contributed by atoms with Crippen molar-refractivity contribution < 1.29 is 14.7 Å². The Morgan fingerprint density at radius 2 is 2.17 bits per heavy atom. The van der Waals surface area contributed by atoms with Gasteiger partial charge in [0, 0.05) is 25.7 Å². The molecule has 6 heteroatoms. The van der Waals surface area contributed by atoms with Crippen LogP contribution in [-0.4, -0.2) is 66.7 Å². The summed E-state index contributed by atoms with van der Waals surface area (Å²) in [7, 11) is 3.91. The summed E-state index contributed by atoms with van der Waals surface area (Å²) in [5.74, 6) is -1.23. The quantitative estimate of drug-likeness (QED) is 0.766. The number of rotatable bonds is 4. The van der Waals surface area contributed by atoms with Crippen LogP contribution in [0, 0.1) is 5.92 Å². The van der Waals surface area contributed by atoms with Crippen LogP contribution in [0.4, 0.5) is 4.79 Å². The SMILES string of the molecule is CC(CNC(=O)N1CCC[C@@H](C(=O)O)C1)N(C)C. The molecule has 104 valence electrons. The van der Waals surface area contributed by atoms with E-state index in [-0.39, 0.29) is 12.1 Å². The van der Waals surface area contributed by atoms with E-state index < -0.39 is 11.9 Å².